The minimum atomic E-state index is 0.648. The quantitative estimate of drug-likeness (QED) is 0.341. The normalized spacial score (nSPS) is 15.0. The van der Waals surface area contributed by atoms with E-state index in [0.717, 1.165) is 5.92 Å². The van der Waals surface area contributed by atoms with Gasteiger partial charge in [0.25, 0.3) is 0 Å². The highest BCUT2D eigenvalue weighted by Crippen LogP contribution is 2.22. The summed E-state index contributed by atoms with van der Waals surface area (Å²) in [5, 5.41) is 0.648. The first-order valence-corrected chi connectivity index (χ1v) is 7.94. The van der Waals surface area contributed by atoms with Crippen LogP contribution in [0.25, 0.3) is 0 Å². The Labute approximate surface area is 109 Å². The smallest absolute Gasteiger partial charge is 0.00168 e. The van der Waals surface area contributed by atoms with Gasteiger partial charge < -0.3 is 0 Å². The van der Waals surface area contributed by atoms with Crippen LogP contribution in [0.2, 0.25) is 0 Å². The third kappa shape index (κ3) is 9.57. The Balaban J connectivity index is 3.50. The summed E-state index contributed by atoms with van der Waals surface area (Å²) in [5.41, 5.74) is 0. The molecule has 1 heteroatoms. The Morgan fingerprint density at radius 2 is 1.50 bits per heavy atom. The molecule has 98 valence electrons. The first-order valence-electron chi connectivity index (χ1n) is 7.42. The van der Waals surface area contributed by atoms with E-state index in [1.54, 1.807) is 0 Å². The lowest BCUT2D eigenvalue weighted by molar-refractivity contribution is 0.398. The van der Waals surface area contributed by atoms with Crippen molar-refractivity contribution < 1.29 is 0 Å². The van der Waals surface area contributed by atoms with E-state index in [0.29, 0.717) is 5.25 Å². The van der Waals surface area contributed by atoms with Gasteiger partial charge in [-0.15, -0.1) is 0 Å². The molecule has 2 unspecified atom stereocenters. The summed E-state index contributed by atoms with van der Waals surface area (Å²) >= 11 is 4.65. The van der Waals surface area contributed by atoms with E-state index in [-0.39, 0.29) is 0 Å². The van der Waals surface area contributed by atoms with E-state index >= 15 is 0 Å². The third-order valence-electron chi connectivity index (χ3n) is 3.57. The molecule has 0 saturated carbocycles. The predicted molar refractivity (Wildman–Crippen MR) is 79.5 cm³/mol. The lowest BCUT2D eigenvalue weighted by Gasteiger charge is -2.17. The van der Waals surface area contributed by atoms with Crippen molar-refractivity contribution in [1.82, 2.24) is 0 Å². The van der Waals surface area contributed by atoms with Gasteiger partial charge in [-0.05, 0) is 25.2 Å². The summed E-state index contributed by atoms with van der Waals surface area (Å²) in [5.74, 6) is 0.961. The summed E-state index contributed by atoms with van der Waals surface area (Å²) < 4.78 is 0. The van der Waals surface area contributed by atoms with Gasteiger partial charge in [-0.25, -0.2) is 0 Å². The van der Waals surface area contributed by atoms with E-state index in [1.807, 2.05) is 0 Å². The highest BCUT2D eigenvalue weighted by atomic mass is 32.1. The first kappa shape index (κ1) is 16.4. The molecule has 0 aromatic rings. The highest BCUT2D eigenvalue weighted by Gasteiger charge is 2.09. The van der Waals surface area contributed by atoms with Crippen molar-refractivity contribution in [2.75, 3.05) is 0 Å². The van der Waals surface area contributed by atoms with Crippen molar-refractivity contribution in [3.05, 3.63) is 0 Å². The maximum absolute atomic E-state index is 4.65. The molecule has 0 radical (unpaired) electrons. The zero-order chi connectivity index (χ0) is 12.2. The lowest BCUT2D eigenvalue weighted by Crippen LogP contribution is -2.05. The van der Waals surface area contributed by atoms with Gasteiger partial charge in [-0.2, -0.15) is 12.6 Å². The average molecular weight is 244 g/mol. The van der Waals surface area contributed by atoms with E-state index in [9.17, 15) is 0 Å². The van der Waals surface area contributed by atoms with Gasteiger partial charge in [0.15, 0.2) is 0 Å². The van der Waals surface area contributed by atoms with Crippen molar-refractivity contribution in [2.45, 2.75) is 90.2 Å². The van der Waals surface area contributed by atoms with Crippen LogP contribution >= 0.6 is 12.6 Å². The summed E-state index contributed by atoms with van der Waals surface area (Å²) in [6.07, 6.45) is 13.7. The van der Waals surface area contributed by atoms with Crippen LogP contribution in [0.15, 0.2) is 0 Å². The fraction of sp³-hybridized carbons (Fsp3) is 1.00. The summed E-state index contributed by atoms with van der Waals surface area (Å²) in [4.78, 5) is 0. The number of thiol groups is 1. The Morgan fingerprint density at radius 1 is 0.750 bits per heavy atom. The molecule has 0 aliphatic rings. The standard InChI is InChI=1S/C15H32S/c1-4-7-8-9-11-14(6-3)12-13-15(16)10-5-2/h14-16H,4-13H2,1-3H3. The maximum atomic E-state index is 4.65. The SMILES string of the molecule is CCCCCCC(CC)CCC(S)CCC. The van der Waals surface area contributed by atoms with Crippen LogP contribution < -0.4 is 0 Å². The third-order valence-corrected chi connectivity index (χ3v) is 4.09. The monoisotopic (exact) mass is 244 g/mol. The zero-order valence-electron chi connectivity index (χ0n) is 11.7. The molecular formula is C15H32S. The van der Waals surface area contributed by atoms with Gasteiger partial charge in [0, 0.05) is 5.25 Å². The van der Waals surface area contributed by atoms with Crippen molar-refractivity contribution >= 4 is 12.6 Å². The van der Waals surface area contributed by atoms with Crippen LogP contribution in [0, 0.1) is 5.92 Å². The molecule has 0 bridgehead atoms. The molecule has 16 heavy (non-hydrogen) atoms. The fourth-order valence-electron chi connectivity index (χ4n) is 2.32. The van der Waals surface area contributed by atoms with Crippen molar-refractivity contribution in [2.24, 2.45) is 5.92 Å². The number of hydrogen-bond acceptors (Lipinski definition) is 1. The van der Waals surface area contributed by atoms with Gasteiger partial charge in [0.1, 0.15) is 0 Å². The van der Waals surface area contributed by atoms with Gasteiger partial charge in [0.2, 0.25) is 0 Å². The molecule has 0 nitrogen and oxygen atoms in total. The number of hydrogen-bond donors (Lipinski definition) is 1. The Bertz CT molecular complexity index is 133. The molecule has 0 aromatic heterocycles. The molecule has 2 atom stereocenters. The van der Waals surface area contributed by atoms with Crippen LogP contribution in [-0.4, -0.2) is 5.25 Å². The van der Waals surface area contributed by atoms with Crippen LogP contribution in [0.4, 0.5) is 0 Å². The topological polar surface area (TPSA) is 0 Å². The van der Waals surface area contributed by atoms with Crippen molar-refractivity contribution in [1.29, 1.82) is 0 Å². The first-order chi connectivity index (χ1) is 7.74. The number of rotatable bonds is 11. The predicted octanol–water partition coefficient (Wildman–Crippen LogP) is 5.86. The summed E-state index contributed by atoms with van der Waals surface area (Å²) in [6, 6.07) is 0. The average Bonchev–Trinajstić information content (AvgIpc) is 2.28. The van der Waals surface area contributed by atoms with Gasteiger partial charge >= 0.3 is 0 Å². The Morgan fingerprint density at radius 3 is 2.06 bits per heavy atom. The van der Waals surface area contributed by atoms with Crippen LogP contribution in [0.5, 0.6) is 0 Å². The van der Waals surface area contributed by atoms with E-state index < -0.39 is 0 Å². The second kappa shape index (κ2) is 11.8. The van der Waals surface area contributed by atoms with Crippen molar-refractivity contribution in [3.63, 3.8) is 0 Å². The largest absolute Gasteiger partial charge is 0.176 e. The second-order valence-electron chi connectivity index (χ2n) is 5.14. The number of unbranched alkanes of at least 4 members (excludes halogenated alkanes) is 3. The van der Waals surface area contributed by atoms with Gasteiger partial charge in [0.05, 0.1) is 0 Å². The van der Waals surface area contributed by atoms with Crippen molar-refractivity contribution in [3.8, 4) is 0 Å². The molecule has 0 aliphatic carbocycles. The molecule has 0 rings (SSSR count). The van der Waals surface area contributed by atoms with Gasteiger partial charge in [-0.3, -0.25) is 0 Å². The molecule has 0 aromatic carbocycles. The molecular weight excluding hydrogens is 212 g/mol. The lowest BCUT2D eigenvalue weighted by atomic mass is 9.92. The van der Waals surface area contributed by atoms with Crippen LogP contribution in [0.1, 0.15) is 85.0 Å². The molecule has 0 N–H and O–H groups in total. The Kier molecular flexibility index (Phi) is 12.1. The summed E-state index contributed by atoms with van der Waals surface area (Å²) in [7, 11) is 0. The second-order valence-corrected chi connectivity index (χ2v) is 5.87. The molecule has 0 spiro atoms. The molecule has 0 amide bonds. The van der Waals surface area contributed by atoms with Crippen LogP contribution in [0.3, 0.4) is 0 Å². The fourth-order valence-corrected chi connectivity index (χ4v) is 2.73. The van der Waals surface area contributed by atoms with Gasteiger partial charge in [-0.1, -0.05) is 65.7 Å². The molecule has 0 fully saturated rings. The maximum Gasteiger partial charge on any atom is 0.00168 e. The van der Waals surface area contributed by atoms with Crippen LogP contribution in [-0.2, 0) is 0 Å². The minimum Gasteiger partial charge on any atom is -0.176 e. The van der Waals surface area contributed by atoms with E-state index in [4.69, 9.17) is 0 Å². The molecule has 0 saturated heterocycles. The zero-order valence-corrected chi connectivity index (χ0v) is 12.6. The van der Waals surface area contributed by atoms with E-state index in [2.05, 4.69) is 33.4 Å². The molecule has 0 aliphatic heterocycles. The highest BCUT2D eigenvalue weighted by molar-refractivity contribution is 7.80. The Hall–Kier alpha value is 0.350. The van der Waals surface area contributed by atoms with E-state index in [1.165, 1.54) is 64.2 Å². The minimum absolute atomic E-state index is 0.648. The summed E-state index contributed by atoms with van der Waals surface area (Å²) in [6.45, 7) is 6.89. The molecule has 0 heterocycles.